The van der Waals surface area contributed by atoms with E-state index >= 15 is 0 Å². The summed E-state index contributed by atoms with van der Waals surface area (Å²) in [6, 6.07) is 10.1. The van der Waals surface area contributed by atoms with Crippen molar-refractivity contribution in [3.63, 3.8) is 0 Å². The van der Waals surface area contributed by atoms with Crippen LogP contribution in [0.5, 0.6) is 0 Å². The van der Waals surface area contributed by atoms with Crippen molar-refractivity contribution < 1.29 is 0 Å². The summed E-state index contributed by atoms with van der Waals surface area (Å²) in [4.78, 5) is 1.23. The van der Waals surface area contributed by atoms with Crippen molar-refractivity contribution in [2.24, 2.45) is 0 Å². The fourth-order valence-electron chi connectivity index (χ4n) is 2.31. The van der Waals surface area contributed by atoms with Crippen molar-refractivity contribution in [3.05, 3.63) is 51.9 Å². The predicted octanol–water partition coefficient (Wildman–Crippen LogP) is 6.11. The maximum absolute atomic E-state index is 6.16. The molecule has 1 nitrogen and oxygen atoms in total. The minimum Gasteiger partial charge on any atom is -0.388 e. The highest BCUT2D eigenvalue weighted by atomic mass is 35.5. The van der Waals surface area contributed by atoms with Crippen LogP contribution in [0.2, 0.25) is 5.02 Å². The third-order valence-corrected chi connectivity index (χ3v) is 5.01. The van der Waals surface area contributed by atoms with Crippen molar-refractivity contribution in [1.82, 2.24) is 0 Å². The lowest BCUT2D eigenvalue weighted by molar-refractivity contribution is 0.537. The van der Waals surface area contributed by atoms with E-state index < -0.39 is 0 Å². The molecule has 0 aliphatic heterocycles. The molecule has 0 saturated carbocycles. The lowest BCUT2D eigenvalue weighted by Gasteiger charge is -2.26. The molecule has 0 bridgehead atoms. The van der Waals surface area contributed by atoms with Crippen LogP contribution in [0, 0.1) is 0 Å². The second-order valence-electron chi connectivity index (χ2n) is 5.61. The number of rotatable bonds is 5. The Hall–Kier alpha value is -0.900. The SMILES string of the molecule is CNc1ccc(Cl)cc1C(C)(C)C/C=C/c1ccc(S)s1. The van der Waals surface area contributed by atoms with Crippen molar-refractivity contribution >= 4 is 47.3 Å². The molecule has 21 heavy (non-hydrogen) atoms. The Labute approximate surface area is 141 Å². The van der Waals surface area contributed by atoms with Gasteiger partial charge in [-0.25, -0.2) is 0 Å². The summed E-state index contributed by atoms with van der Waals surface area (Å²) in [6.07, 6.45) is 5.33. The molecule has 0 radical (unpaired) electrons. The Morgan fingerprint density at radius 2 is 2.05 bits per heavy atom. The molecule has 1 aromatic heterocycles. The Bertz CT molecular complexity index is 644. The molecule has 0 spiro atoms. The zero-order chi connectivity index (χ0) is 15.5. The Kier molecular flexibility index (Phi) is 5.42. The molecule has 2 aromatic rings. The highest BCUT2D eigenvalue weighted by molar-refractivity contribution is 7.82. The Balaban J connectivity index is 2.18. The van der Waals surface area contributed by atoms with Crippen LogP contribution in [0.25, 0.3) is 6.08 Å². The molecule has 0 aliphatic carbocycles. The summed E-state index contributed by atoms with van der Waals surface area (Å²) in [7, 11) is 1.94. The Morgan fingerprint density at radius 3 is 2.67 bits per heavy atom. The second-order valence-corrected chi connectivity index (χ2v) is 7.94. The minimum absolute atomic E-state index is 0.0147. The van der Waals surface area contributed by atoms with Gasteiger partial charge in [0.2, 0.25) is 0 Å². The number of thiophene rings is 1. The van der Waals surface area contributed by atoms with E-state index in [0.717, 1.165) is 21.3 Å². The van der Waals surface area contributed by atoms with Crippen LogP contribution in [0.3, 0.4) is 0 Å². The van der Waals surface area contributed by atoms with Crippen LogP contribution in [0.4, 0.5) is 5.69 Å². The quantitative estimate of drug-likeness (QED) is 0.627. The first kappa shape index (κ1) is 16.5. The van der Waals surface area contributed by atoms with Gasteiger partial charge in [-0.1, -0.05) is 31.5 Å². The van der Waals surface area contributed by atoms with Gasteiger partial charge in [0.1, 0.15) is 0 Å². The fourth-order valence-corrected chi connectivity index (χ4v) is 3.55. The number of halogens is 1. The van der Waals surface area contributed by atoms with E-state index in [0.29, 0.717) is 0 Å². The highest BCUT2D eigenvalue weighted by Gasteiger charge is 2.22. The molecule has 0 atom stereocenters. The van der Waals surface area contributed by atoms with Gasteiger partial charge in [-0.05, 0) is 53.8 Å². The first-order valence-electron chi connectivity index (χ1n) is 6.85. The van der Waals surface area contributed by atoms with E-state index in [-0.39, 0.29) is 5.41 Å². The molecular weight excluding hydrogens is 318 g/mol. The first-order valence-corrected chi connectivity index (χ1v) is 8.50. The average Bonchev–Trinajstić information content (AvgIpc) is 2.84. The lowest BCUT2D eigenvalue weighted by atomic mass is 9.80. The maximum Gasteiger partial charge on any atom is 0.0574 e. The van der Waals surface area contributed by atoms with Gasteiger partial charge in [0.15, 0.2) is 0 Å². The average molecular weight is 338 g/mol. The number of hydrogen-bond donors (Lipinski definition) is 2. The molecule has 1 N–H and O–H groups in total. The van der Waals surface area contributed by atoms with Crippen LogP contribution in [0.1, 0.15) is 30.7 Å². The van der Waals surface area contributed by atoms with Gasteiger partial charge >= 0.3 is 0 Å². The second kappa shape index (κ2) is 6.91. The van der Waals surface area contributed by atoms with Gasteiger partial charge < -0.3 is 5.32 Å². The van der Waals surface area contributed by atoms with Gasteiger partial charge in [-0.3, -0.25) is 0 Å². The van der Waals surface area contributed by atoms with Crippen LogP contribution >= 0.6 is 35.6 Å². The third kappa shape index (κ3) is 4.29. The van der Waals surface area contributed by atoms with Crippen LogP contribution in [-0.2, 0) is 5.41 Å². The number of allylic oxidation sites excluding steroid dienone is 1. The summed E-state index contributed by atoms with van der Waals surface area (Å²) < 4.78 is 1.04. The summed E-state index contributed by atoms with van der Waals surface area (Å²) in [5, 5.41) is 4.03. The molecular formula is C17H20ClNS2. The maximum atomic E-state index is 6.16. The fraction of sp³-hybridized carbons (Fsp3) is 0.294. The molecule has 0 unspecified atom stereocenters. The molecule has 1 heterocycles. The van der Waals surface area contributed by atoms with E-state index in [4.69, 9.17) is 11.6 Å². The molecule has 0 amide bonds. The van der Waals surface area contributed by atoms with Crippen LogP contribution in [-0.4, -0.2) is 7.05 Å². The minimum atomic E-state index is 0.0147. The third-order valence-electron chi connectivity index (χ3n) is 3.50. The topological polar surface area (TPSA) is 12.0 Å². The molecule has 0 saturated heterocycles. The smallest absolute Gasteiger partial charge is 0.0574 e. The summed E-state index contributed by atoms with van der Waals surface area (Å²) in [6.45, 7) is 4.48. The molecule has 0 fully saturated rings. The van der Waals surface area contributed by atoms with E-state index in [1.165, 1.54) is 10.4 Å². The normalized spacial score (nSPS) is 12.0. The summed E-state index contributed by atoms with van der Waals surface area (Å²) in [5.74, 6) is 0. The Morgan fingerprint density at radius 1 is 1.29 bits per heavy atom. The van der Waals surface area contributed by atoms with Gasteiger partial charge in [0.25, 0.3) is 0 Å². The van der Waals surface area contributed by atoms with E-state index in [9.17, 15) is 0 Å². The molecule has 1 aromatic carbocycles. The standard InChI is InChI=1S/C17H20ClNS2/c1-17(2,10-4-5-13-7-9-16(20)21-13)14-11-12(18)6-8-15(14)19-3/h4-9,11,19-20H,10H2,1-3H3/b5-4+. The van der Waals surface area contributed by atoms with Crippen LogP contribution in [0.15, 0.2) is 40.6 Å². The highest BCUT2D eigenvalue weighted by Crippen LogP contribution is 2.35. The van der Waals surface area contributed by atoms with Gasteiger partial charge in [-0.2, -0.15) is 0 Å². The van der Waals surface area contributed by atoms with E-state index in [2.05, 4.69) is 56.1 Å². The summed E-state index contributed by atoms with van der Waals surface area (Å²) in [5.41, 5.74) is 2.38. The zero-order valence-corrected chi connectivity index (χ0v) is 14.9. The van der Waals surface area contributed by atoms with Gasteiger partial charge in [0, 0.05) is 22.6 Å². The largest absolute Gasteiger partial charge is 0.388 e. The number of hydrogen-bond acceptors (Lipinski definition) is 3. The summed E-state index contributed by atoms with van der Waals surface area (Å²) >= 11 is 12.2. The molecule has 112 valence electrons. The zero-order valence-electron chi connectivity index (χ0n) is 12.5. The van der Waals surface area contributed by atoms with E-state index in [1.54, 1.807) is 11.3 Å². The molecule has 2 rings (SSSR count). The number of thiol groups is 1. The van der Waals surface area contributed by atoms with E-state index in [1.807, 2.05) is 25.2 Å². The number of nitrogens with one attached hydrogen (secondary N) is 1. The van der Waals surface area contributed by atoms with Gasteiger partial charge in [-0.15, -0.1) is 24.0 Å². The van der Waals surface area contributed by atoms with Gasteiger partial charge in [0.05, 0.1) is 4.21 Å². The molecule has 0 aliphatic rings. The number of anilines is 1. The van der Waals surface area contributed by atoms with Crippen molar-refractivity contribution in [1.29, 1.82) is 0 Å². The predicted molar refractivity (Wildman–Crippen MR) is 99.2 cm³/mol. The van der Waals surface area contributed by atoms with Crippen molar-refractivity contribution in [3.8, 4) is 0 Å². The van der Waals surface area contributed by atoms with Crippen molar-refractivity contribution in [2.45, 2.75) is 29.9 Å². The first-order chi connectivity index (χ1) is 9.92. The van der Waals surface area contributed by atoms with Crippen molar-refractivity contribution in [2.75, 3.05) is 12.4 Å². The monoisotopic (exact) mass is 337 g/mol. The lowest BCUT2D eigenvalue weighted by Crippen LogP contribution is -2.18. The molecule has 4 heteroatoms. The number of benzene rings is 1. The van der Waals surface area contributed by atoms with Crippen LogP contribution < -0.4 is 5.32 Å².